The zero-order valence-electron chi connectivity index (χ0n) is 21.3. The van der Waals surface area contributed by atoms with Gasteiger partial charge in [0.1, 0.15) is 11.5 Å². The molecule has 0 spiro atoms. The van der Waals surface area contributed by atoms with E-state index in [1.165, 1.54) is 44.7 Å². The average Bonchev–Trinajstić information content (AvgIpc) is 2.84. The SMILES string of the molecule is C=C(CCSC)c1cc(CC)ccc1C1=C(C)/C(=C/CC)Oc2cc(N(CC)CC)ccc21. The molecule has 3 rings (SSSR count). The number of anilines is 1. The number of benzene rings is 2. The van der Waals surface area contributed by atoms with Gasteiger partial charge < -0.3 is 9.64 Å². The van der Waals surface area contributed by atoms with Crippen molar-refractivity contribution >= 4 is 28.6 Å². The fourth-order valence-electron chi connectivity index (χ4n) is 4.52. The molecule has 1 heterocycles. The summed E-state index contributed by atoms with van der Waals surface area (Å²) in [7, 11) is 0. The molecule has 2 nitrogen and oxygen atoms in total. The zero-order chi connectivity index (χ0) is 24.0. The molecule has 3 heteroatoms. The fourth-order valence-corrected chi connectivity index (χ4v) is 4.97. The Balaban J connectivity index is 2.23. The minimum Gasteiger partial charge on any atom is -0.457 e. The number of rotatable bonds is 10. The molecule has 0 atom stereocenters. The molecule has 0 bridgehead atoms. The van der Waals surface area contributed by atoms with Crippen LogP contribution >= 0.6 is 11.8 Å². The van der Waals surface area contributed by atoms with Gasteiger partial charge in [-0.2, -0.15) is 11.8 Å². The number of thioether (sulfide) groups is 1. The molecule has 0 fully saturated rings. The van der Waals surface area contributed by atoms with Crippen molar-refractivity contribution in [2.75, 3.05) is 30.0 Å². The van der Waals surface area contributed by atoms with E-state index in [9.17, 15) is 0 Å². The Hall–Kier alpha value is -2.39. The Morgan fingerprint density at radius 1 is 1.03 bits per heavy atom. The number of aryl methyl sites for hydroxylation is 1. The lowest BCUT2D eigenvalue weighted by Gasteiger charge is -2.29. The highest BCUT2D eigenvalue weighted by molar-refractivity contribution is 7.98. The third-order valence-electron chi connectivity index (χ3n) is 6.47. The van der Waals surface area contributed by atoms with Crippen molar-refractivity contribution in [3.63, 3.8) is 0 Å². The summed E-state index contributed by atoms with van der Waals surface area (Å²) in [5.41, 5.74) is 9.94. The molecule has 0 aliphatic carbocycles. The fraction of sp³-hybridized carbons (Fsp3) is 0.400. The first-order valence-corrected chi connectivity index (χ1v) is 13.7. The Morgan fingerprint density at radius 2 is 1.76 bits per heavy atom. The van der Waals surface area contributed by atoms with Crippen molar-refractivity contribution in [2.24, 2.45) is 0 Å². The standard InChI is InChI=1S/C30H39NOS/c1-8-12-28-22(6)30(26-16-14-24(20-29(26)32-28)31(10-3)11-4)25-15-13-23(9-2)19-27(25)21(5)17-18-33-7/h12-16,19-20H,5,8-11,17-18H2,1-4,6-7H3/b28-12-. The van der Waals surface area contributed by atoms with Crippen molar-refractivity contribution < 1.29 is 4.74 Å². The lowest BCUT2D eigenvalue weighted by Crippen LogP contribution is -2.22. The lowest BCUT2D eigenvalue weighted by molar-refractivity contribution is 0.427. The molecule has 2 aromatic rings. The van der Waals surface area contributed by atoms with E-state index >= 15 is 0 Å². The van der Waals surface area contributed by atoms with Gasteiger partial charge in [-0.05, 0) is 104 Å². The highest BCUT2D eigenvalue weighted by Crippen LogP contribution is 2.45. The van der Waals surface area contributed by atoms with Crippen LogP contribution in [0.4, 0.5) is 5.69 Å². The van der Waals surface area contributed by atoms with E-state index in [1.54, 1.807) is 0 Å². The van der Waals surface area contributed by atoms with E-state index in [0.717, 1.165) is 49.6 Å². The molecule has 1 aliphatic rings. The summed E-state index contributed by atoms with van der Waals surface area (Å²) in [4.78, 5) is 2.36. The lowest BCUT2D eigenvalue weighted by atomic mass is 9.84. The van der Waals surface area contributed by atoms with Gasteiger partial charge in [-0.3, -0.25) is 0 Å². The third-order valence-corrected chi connectivity index (χ3v) is 7.08. The van der Waals surface area contributed by atoms with Gasteiger partial charge in [0, 0.05) is 30.4 Å². The van der Waals surface area contributed by atoms with Crippen LogP contribution in [0.25, 0.3) is 11.1 Å². The predicted molar refractivity (Wildman–Crippen MR) is 149 cm³/mol. The molecule has 0 N–H and O–H groups in total. The first-order valence-electron chi connectivity index (χ1n) is 12.3. The first kappa shape index (κ1) is 25.2. The molecule has 2 aromatic carbocycles. The van der Waals surface area contributed by atoms with E-state index in [4.69, 9.17) is 4.74 Å². The second kappa shape index (κ2) is 11.7. The molecule has 0 saturated heterocycles. The minimum atomic E-state index is 0.938. The van der Waals surface area contributed by atoms with E-state index in [-0.39, 0.29) is 0 Å². The monoisotopic (exact) mass is 461 g/mol. The van der Waals surface area contributed by atoms with Gasteiger partial charge in [-0.15, -0.1) is 0 Å². The molecule has 1 aliphatic heterocycles. The summed E-state index contributed by atoms with van der Waals surface area (Å²) in [6.45, 7) is 17.4. The number of ether oxygens (including phenoxy) is 1. The maximum Gasteiger partial charge on any atom is 0.137 e. The second-order valence-electron chi connectivity index (χ2n) is 8.51. The van der Waals surface area contributed by atoms with Gasteiger partial charge >= 0.3 is 0 Å². The van der Waals surface area contributed by atoms with Crippen LogP contribution in [0, 0.1) is 0 Å². The topological polar surface area (TPSA) is 12.5 Å². The Bertz CT molecular complexity index is 1060. The summed E-state index contributed by atoms with van der Waals surface area (Å²) in [5, 5.41) is 0. The van der Waals surface area contributed by atoms with E-state index in [1.807, 2.05) is 11.8 Å². The number of allylic oxidation sites excluding steroid dienone is 3. The van der Waals surface area contributed by atoms with Crippen molar-refractivity contribution in [3.8, 4) is 5.75 Å². The van der Waals surface area contributed by atoms with Crippen LogP contribution in [0.15, 0.2) is 60.4 Å². The van der Waals surface area contributed by atoms with E-state index in [2.05, 4.69) is 94.8 Å². The minimum absolute atomic E-state index is 0.938. The summed E-state index contributed by atoms with van der Waals surface area (Å²) < 4.78 is 6.48. The molecule has 0 radical (unpaired) electrons. The molecule has 0 aromatic heterocycles. The smallest absolute Gasteiger partial charge is 0.137 e. The van der Waals surface area contributed by atoms with Crippen LogP contribution in [0.5, 0.6) is 5.75 Å². The van der Waals surface area contributed by atoms with Crippen LogP contribution in [0.1, 0.15) is 69.7 Å². The number of hydrogen-bond acceptors (Lipinski definition) is 3. The number of fused-ring (bicyclic) bond motifs is 1. The maximum absolute atomic E-state index is 6.48. The normalized spacial score (nSPS) is 14.3. The van der Waals surface area contributed by atoms with Crippen molar-refractivity contribution in [1.82, 2.24) is 0 Å². The molecule has 176 valence electrons. The quantitative estimate of drug-likeness (QED) is 0.352. The average molecular weight is 462 g/mol. The largest absolute Gasteiger partial charge is 0.457 e. The summed E-state index contributed by atoms with van der Waals surface area (Å²) >= 11 is 1.87. The van der Waals surface area contributed by atoms with Gasteiger partial charge in [-0.1, -0.05) is 38.6 Å². The van der Waals surface area contributed by atoms with Gasteiger partial charge in [0.2, 0.25) is 0 Å². The van der Waals surface area contributed by atoms with Gasteiger partial charge in [0.25, 0.3) is 0 Å². The predicted octanol–water partition coefficient (Wildman–Crippen LogP) is 8.37. The number of hydrogen-bond donors (Lipinski definition) is 0. The molecular formula is C30H39NOS. The maximum atomic E-state index is 6.48. The van der Waals surface area contributed by atoms with Gasteiger partial charge in [0.15, 0.2) is 0 Å². The summed E-state index contributed by atoms with van der Waals surface area (Å²) in [6.07, 6.45) is 7.32. The molecule has 0 amide bonds. The van der Waals surface area contributed by atoms with Crippen LogP contribution in [0.2, 0.25) is 0 Å². The summed E-state index contributed by atoms with van der Waals surface area (Å²) in [5.74, 6) is 3.00. The molecule has 0 saturated carbocycles. The number of nitrogens with zero attached hydrogens (tertiary/aromatic N) is 1. The van der Waals surface area contributed by atoms with Crippen molar-refractivity contribution in [2.45, 2.75) is 53.9 Å². The Labute approximate surface area is 205 Å². The Morgan fingerprint density at radius 3 is 2.39 bits per heavy atom. The van der Waals surface area contributed by atoms with Crippen molar-refractivity contribution in [3.05, 3.63) is 82.6 Å². The highest BCUT2D eigenvalue weighted by Gasteiger charge is 2.26. The van der Waals surface area contributed by atoms with Crippen LogP contribution in [0.3, 0.4) is 0 Å². The third kappa shape index (κ3) is 5.41. The van der Waals surface area contributed by atoms with Crippen LogP contribution < -0.4 is 9.64 Å². The van der Waals surface area contributed by atoms with Crippen molar-refractivity contribution in [1.29, 1.82) is 0 Å². The molecule has 33 heavy (non-hydrogen) atoms. The second-order valence-corrected chi connectivity index (χ2v) is 9.50. The zero-order valence-corrected chi connectivity index (χ0v) is 22.1. The van der Waals surface area contributed by atoms with Crippen LogP contribution in [-0.4, -0.2) is 25.1 Å². The molecule has 0 unspecified atom stereocenters. The first-order chi connectivity index (χ1) is 16.0. The van der Waals surface area contributed by atoms with Gasteiger partial charge in [0.05, 0.1) is 0 Å². The van der Waals surface area contributed by atoms with E-state index < -0.39 is 0 Å². The summed E-state index contributed by atoms with van der Waals surface area (Å²) in [6, 6.07) is 13.6. The van der Waals surface area contributed by atoms with E-state index in [0.29, 0.717) is 0 Å². The van der Waals surface area contributed by atoms with Crippen LogP contribution in [-0.2, 0) is 6.42 Å². The van der Waals surface area contributed by atoms with Gasteiger partial charge in [-0.25, -0.2) is 0 Å². The molecular weight excluding hydrogens is 422 g/mol. The Kier molecular flexibility index (Phi) is 8.91. The highest BCUT2D eigenvalue weighted by atomic mass is 32.2.